The van der Waals surface area contributed by atoms with Gasteiger partial charge in [-0.15, -0.1) is 0 Å². The van der Waals surface area contributed by atoms with E-state index in [0.29, 0.717) is 5.92 Å². The van der Waals surface area contributed by atoms with E-state index in [0.717, 1.165) is 17.0 Å². The summed E-state index contributed by atoms with van der Waals surface area (Å²) in [5.41, 5.74) is 2.64. The molecule has 1 aliphatic carbocycles. The molecule has 2 rings (SSSR count). The molecule has 1 aromatic heterocycles. The van der Waals surface area contributed by atoms with E-state index in [9.17, 15) is 4.79 Å². The van der Waals surface area contributed by atoms with Crippen LogP contribution in [0.4, 0.5) is 0 Å². The third-order valence-corrected chi connectivity index (χ3v) is 4.01. The van der Waals surface area contributed by atoms with Crippen LogP contribution in [0.25, 0.3) is 5.70 Å². The van der Waals surface area contributed by atoms with Crippen molar-refractivity contribution in [1.29, 1.82) is 0 Å². The van der Waals surface area contributed by atoms with Crippen LogP contribution in [-0.4, -0.2) is 16.5 Å². The van der Waals surface area contributed by atoms with Crippen LogP contribution in [-0.2, 0) is 0 Å². The average Bonchev–Trinajstić information content (AvgIpc) is 2.56. The molecule has 0 aromatic carbocycles. The molecular formula is C15H22N2O. The summed E-state index contributed by atoms with van der Waals surface area (Å²) in [6.07, 6.45) is 5.69. The Morgan fingerprint density at radius 2 is 2.22 bits per heavy atom. The molecule has 1 aromatic rings. The smallest absolute Gasteiger partial charge is 0.253 e. The lowest BCUT2D eigenvalue weighted by atomic mass is 9.80. The number of aromatic nitrogens is 1. The predicted molar refractivity (Wildman–Crippen MR) is 74.4 cm³/mol. The summed E-state index contributed by atoms with van der Waals surface area (Å²) in [5, 5.41) is 3.11. The molecule has 1 N–H and O–H groups in total. The number of allylic oxidation sites excluding steroid dienone is 1. The van der Waals surface area contributed by atoms with Gasteiger partial charge in [0.2, 0.25) is 0 Å². The number of rotatable bonds is 4. The van der Waals surface area contributed by atoms with Crippen molar-refractivity contribution in [3.05, 3.63) is 30.1 Å². The number of amides is 1. The van der Waals surface area contributed by atoms with Gasteiger partial charge in [0.15, 0.2) is 0 Å². The zero-order valence-corrected chi connectivity index (χ0v) is 11.5. The van der Waals surface area contributed by atoms with Gasteiger partial charge in [0.05, 0.1) is 5.56 Å². The van der Waals surface area contributed by atoms with E-state index >= 15 is 0 Å². The van der Waals surface area contributed by atoms with Crippen LogP contribution in [0.15, 0.2) is 18.8 Å². The van der Waals surface area contributed by atoms with Crippen LogP contribution in [0.2, 0.25) is 0 Å². The van der Waals surface area contributed by atoms with Gasteiger partial charge in [-0.25, -0.2) is 0 Å². The van der Waals surface area contributed by atoms with E-state index in [1.54, 1.807) is 0 Å². The molecule has 0 unspecified atom stereocenters. The lowest BCUT2D eigenvalue weighted by Gasteiger charge is -2.31. The Hall–Kier alpha value is -1.51. The van der Waals surface area contributed by atoms with Crippen molar-refractivity contribution in [2.24, 2.45) is 5.92 Å². The van der Waals surface area contributed by atoms with Crippen molar-refractivity contribution >= 4 is 11.6 Å². The third-order valence-electron chi connectivity index (χ3n) is 4.01. The van der Waals surface area contributed by atoms with E-state index in [1.165, 1.54) is 19.3 Å². The summed E-state index contributed by atoms with van der Waals surface area (Å²) >= 11 is 0. The summed E-state index contributed by atoms with van der Waals surface area (Å²) in [4.78, 5) is 12.2. The molecule has 3 nitrogen and oxygen atoms in total. The number of nitrogens with zero attached hydrogens (tertiary/aromatic N) is 1. The minimum absolute atomic E-state index is 0.0342. The quantitative estimate of drug-likeness (QED) is 0.869. The van der Waals surface area contributed by atoms with Crippen LogP contribution >= 0.6 is 0 Å². The second-order valence-corrected chi connectivity index (χ2v) is 5.37. The number of hydrogen-bond acceptors (Lipinski definition) is 1. The molecule has 1 atom stereocenters. The molecule has 0 saturated heterocycles. The van der Waals surface area contributed by atoms with Gasteiger partial charge >= 0.3 is 0 Å². The van der Waals surface area contributed by atoms with Gasteiger partial charge in [-0.05, 0) is 45.6 Å². The first-order valence-electron chi connectivity index (χ1n) is 6.65. The van der Waals surface area contributed by atoms with Gasteiger partial charge in [-0.1, -0.05) is 13.0 Å². The molecule has 0 radical (unpaired) electrons. The average molecular weight is 246 g/mol. The second kappa shape index (κ2) is 5.01. The van der Waals surface area contributed by atoms with Crippen molar-refractivity contribution in [2.45, 2.75) is 46.1 Å². The Morgan fingerprint density at radius 1 is 1.56 bits per heavy atom. The highest BCUT2D eigenvalue weighted by Gasteiger charge is 2.25. The van der Waals surface area contributed by atoms with E-state index in [2.05, 4.69) is 18.8 Å². The highest BCUT2D eigenvalue weighted by molar-refractivity contribution is 5.95. The lowest BCUT2D eigenvalue weighted by molar-refractivity contribution is 0.0908. The van der Waals surface area contributed by atoms with Crippen molar-refractivity contribution in [1.82, 2.24) is 9.88 Å². The lowest BCUT2D eigenvalue weighted by Crippen LogP contribution is -2.40. The molecule has 0 aliphatic heterocycles. The van der Waals surface area contributed by atoms with Gasteiger partial charge < -0.3 is 9.88 Å². The Balaban J connectivity index is 2.06. The van der Waals surface area contributed by atoms with E-state index in [-0.39, 0.29) is 11.9 Å². The molecule has 0 spiro atoms. The maximum absolute atomic E-state index is 12.2. The predicted octanol–water partition coefficient (Wildman–Crippen LogP) is 3.21. The first-order valence-corrected chi connectivity index (χ1v) is 6.65. The minimum atomic E-state index is 0.0342. The number of carbonyl (C=O) groups is 1. The highest BCUT2D eigenvalue weighted by atomic mass is 16.1. The third kappa shape index (κ3) is 2.35. The zero-order chi connectivity index (χ0) is 13.3. The Labute approximate surface area is 109 Å². The Bertz CT molecular complexity index is 469. The standard InChI is InChI=1S/C15H22N2O/c1-10(2)17-9-8-14(12(17)4)15(18)16-11(3)13-6-5-7-13/h8-9,11,13H,1,5-7H2,2-4H3,(H,16,18)/t11-/m1/s1. The Kier molecular flexibility index (Phi) is 3.60. The molecule has 1 heterocycles. The number of nitrogens with one attached hydrogen (secondary N) is 1. The van der Waals surface area contributed by atoms with E-state index < -0.39 is 0 Å². The maximum Gasteiger partial charge on any atom is 0.253 e. The molecule has 18 heavy (non-hydrogen) atoms. The van der Waals surface area contributed by atoms with Crippen molar-refractivity contribution in [3.8, 4) is 0 Å². The van der Waals surface area contributed by atoms with Crippen LogP contribution in [0, 0.1) is 12.8 Å². The summed E-state index contributed by atoms with van der Waals surface area (Å²) in [5.74, 6) is 0.699. The fourth-order valence-electron chi connectivity index (χ4n) is 2.51. The van der Waals surface area contributed by atoms with Gasteiger partial charge in [-0.2, -0.15) is 0 Å². The fraction of sp³-hybridized carbons (Fsp3) is 0.533. The number of hydrogen-bond donors (Lipinski definition) is 1. The summed E-state index contributed by atoms with van der Waals surface area (Å²) < 4.78 is 1.95. The van der Waals surface area contributed by atoms with Crippen LogP contribution in [0.1, 0.15) is 49.2 Å². The Morgan fingerprint density at radius 3 is 2.67 bits per heavy atom. The van der Waals surface area contributed by atoms with E-state index in [4.69, 9.17) is 0 Å². The van der Waals surface area contributed by atoms with Crippen molar-refractivity contribution in [3.63, 3.8) is 0 Å². The van der Waals surface area contributed by atoms with Gasteiger partial charge in [-0.3, -0.25) is 4.79 Å². The molecule has 0 bridgehead atoms. The van der Waals surface area contributed by atoms with Crippen LogP contribution in [0.5, 0.6) is 0 Å². The summed E-state index contributed by atoms with van der Waals surface area (Å²) in [7, 11) is 0. The van der Waals surface area contributed by atoms with Crippen molar-refractivity contribution < 1.29 is 4.79 Å². The molecular weight excluding hydrogens is 224 g/mol. The minimum Gasteiger partial charge on any atom is -0.349 e. The van der Waals surface area contributed by atoms with Gasteiger partial charge in [0.25, 0.3) is 5.91 Å². The molecule has 1 amide bonds. The van der Waals surface area contributed by atoms with Gasteiger partial charge in [0, 0.05) is 23.6 Å². The molecule has 1 saturated carbocycles. The van der Waals surface area contributed by atoms with Crippen LogP contribution < -0.4 is 5.32 Å². The molecule has 3 heteroatoms. The zero-order valence-electron chi connectivity index (χ0n) is 11.5. The summed E-state index contributed by atoms with van der Waals surface area (Å²) in [6.45, 7) is 9.90. The monoisotopic (exact) mass is 246 g/mol. The maximum atomic E-state index is 12.2. The highest BCUT2D eigenvalue weighted by Crippen LogP contribution is 2.29. The molecule has 98 valence electrons. The molecule has 1 fully saturated rings. The first kappa shape index (κ1) is 12.9. The summed E-state index contributed by atoms with van der Waals surface area (Å²) in [6, 6.07) is 2.14. The SMILES string of the molecule is C=C(C)n1ccc(C(=O)N[C@H](C)C2CCC2)c1C. The molecule has 1 aliphatic rings. The largest absolute Gasteiger partial charge is 0.349 e. The number of carbonyl (C=O) groups excluding carboxylic acids is 1. The van der Waals surface area contributed by atoms with Gasteiger partial charge in [0.1, 0.15) is 0 Å². The van der Waals surface area contributed by atoms with E-state index in [1.807, 2.05) is 30.7 Å². The normalized spacial score (nSPS) is 17.1. The second-order valence-electron chi connectivity index (χ2n) is 5.37. The van der Waals surface area contributed by atoms with Crippen molar-refractivity contribution in [2.75, 3.05) is 0 Å². The first-order chi connectivity index (χ1) is 8.50. The topological polar surface area (TPSA) is 34.0 Å². The van der Waals surface area contributed by atoms with Crippen LogP contribution in [0.3, 0.4) is 0 Å². The fourth-order valence-corrected chi connectivity index (χ4v) is 2.51.